The van der Waals surface area contributed by atoms with Crippen molar-refractivity contribution >= 4 is 23.4 Å². The van der Waals surface area contributed by atoms with E-state index in [1.54, 1.807) is 6.07 Å². The number of hydrogen-bond donors (Lipinski definition) is 2. The number of phenolic OH excluding ortho intramolecular Hbond substituents is 2. The molecule has 5 nitrogen and oxygen atoms in total. The van der Waals surface area contributed by atoms with E-state index in [9.17, 15) is 19.8 Å². The molecule has 0 atom stereocenters. The molecular formula is C16H13ClO5. The zero-order valence-electron chi connectivity index (χ0n) is 11.7. The second kappa shape index (κ2) is 6.49. The minimum Gasteiger partial charge on any atom is -0.508 e. The van der Waals surface area contributed by atoms with E-state index in [4.69, 9.17) is 11.6 Å². The van der Waals surface area contributed by atoms with Gasteiger partial charge in [0.25, 0.3) is 0 Å². The van der Waals surface area contributed by atoms with Crippen LogP contribution in [0.5, 0.6) is 11.5 Å². The largest absolute Gasteiger partial charge is 0.508 e. The Morgan fingerprint density at radius 2 is 1.86 bits per heavy atom. The number of hydrogen-bond acceptors (Lipinski definition) is 5. The van der Waals surface area contributed by atoms with E-state index < -0.39 is 5.97 Å². The van der Waals surface area contributed by atoms with Crippen molar-refractivity contribution in [1.82, 2.24) is 0 Å². The number of ether oxygens (including phenoxy) is 1. The average Bonchev–Trinajstić information content (AvgIpc) is 2.48. The summed E-state index contributed by atoms with van der Waals surface area (Å²) in [6.07, 6.45) is -0.0430. The summed E-state index contributed by atoms with van der Waals surface area (Å²) < 4.78 is 4.59. The first kappa shape index (κ1) is 15.9. The van der Waals surface area contributed by atoms with Crippen LogP contribution in [0.15, 0.2) is 36.4 Å². The fourth-order valence-electron chi connectivity index (χ4n) is 1.96. The second-order valence-electron chi connectivity index (χ2n) is 4.60. The topological polar surface area (TPSA) is 83.8 Å². The maximum atomic E-state index is 12.2. The van der Waals surface area contributed by atoms with E-state index in [1.807, 2.05) is 0 Å². The Hall–Kier alpha value is -2.53. The van der Waals surface area contributed by atoms with Crippen LogP contribution in [-0.2, 0) is 11.2 Å². The number of benzene rings is 2. The van der Waals surface area contributed by atoms with Gasteiger partial charge in [0.2, 0.25) is 0 Å². The molecule has 22 heavy (non-hydrogen) atoms. The minimum absolute atomic E-state index is 0.0430. The number of rotatable bonds is 4. The molecule has 0 aliphatic carbocycles. The number of esters is 1. The van der Waals surface area contributed by atoms with Crippen LogP contribution in [0.25, 0.3) is 0 Å². The summed E-state index contributed by atoms with van der Waals surface area (Å²) in [7, 11) is 1.27. The third-order valence-electron chi connectivity index (χ3n) is 3.11. The van der Waals surface area contributed by atoms with Gasteiger partial charge in [0.1, 0.15) is 11.5 Å². The summed E-state index contributed by atoms with van der Waals surface area (Å²) in [6.45, 7) is 0. The summed E-state index contributed by atoms with van der Waals surface area (Å²) in [5.74, 6) is -1.30. The van der Waals surface area contributed by atoms with E-state index in [1.165, 1.54) is 31.4 Å². The molecule has 2 rings (SSSR count). The number of aromatic hydroxyl groups is 2. The number of halogens is 1. The second-order valence-corrected chi connectivity index (χ2v) is 5.01. The van der Waals surface area contributed by atoms with Crippen LogP contribution in [0.1, 0.15) is 26.3 Å². The van der Waals surface area contributed by atoms with Gasteiger partial charge in [0.15, 0.2) is 5.78 Å². The summed E-state index contributed by atoms with van der Waals surface area (Å²) in [6, 6.07) is 8.24. The lowest BCUT2D eigenvalue weighted by atomic mass is 10.0. The molecule has 6 heteroatoms. The van der Waals surface area contributed by atoms with Crippen LogP contribution < -0.4 is 0 Å². The van der Waals surface area contributed by atoms with Gasteiger partial charge in [-0.25, -0.2) is 4.79 Å². The highest BCUT2D eigenvalue weighted by molar-refractivity contribution is 6.32. The minimum atomic E-state index is -0.518. The summed E-state index contributed by atoms with van der Waals surface area (Å²) in [5, 5.41) is 19.2. The highest BCUT2D eigenvalue weighted by Gasteiger charge is 2.15. The van der Waals surface area contributed by atoms with Crippen molar-refractivity contribution < 1.29 is 24.5 Å². The number of phenols is 2. The highest BCUT2D eigenvalue weighted by atomic mass is 35.5. The number of ketones is 1. The van der Waals surface area contributed by atoms with Gasteiger partial charge in [-0.05, 0) is 29.8 Å². The van der Waals surface area contributed by atoms with E-state index in [0.29, 0.717) is 5.56 Å². The Bertz CT molecular complexity index is 739. The first-order valence-electron chi connectivity index (χ1n) is 6.34. The fourth-order valence-corrected chi connectivity index (χ4v) is 2.21. The number of carbonyl (C=O) groups is 2. The third-order valence-corrected chi connectivity index (χ3v) is 3.46. The molecule has 0 saturated carbocycles. The Labute approximate surface area is 131 Å². The van der Waals surface area contributed by atoms with Crippen molar-refractivity contribution in [3.63, 3.8) is 0 Å². The number of Topliss-reactive ketones (excluding diaryl/α,β-unsaturated/α-hetero) is 1. The van der Waals surface area contributed by atoms with Crippen LogP contribution in [0.2, 0.25) is 5.02 Å². The zero-order chi connectivity index (χ0) is 16.3. The maximum Gasteiger partial charge on any atom is 0.337 e. The standard InChI is InChI=1S/C16H13ClO5/c1-22-16(21)10-3-2-9(13(17)6-10)7-14(19)12-5-4-11(18)8-15(12)20/h2-6,8,18,20H,7H2,1H3. The van der Waals surface area contributed by atoms with Crippen molar-refractivity contribution in [1.29, 1.82) is 0 Å². The van der Waals surface area contributed by atoms with Crippen LogP contribution in [0, 0.1) is 0 Å². The van der Waals surface area contributed by atoms with Crippen LogP contribution in [0.4, 0.5) is 0 Å². The van der Waals surface area contributed by atoms with Crippen LogP contribution >= 0.6 is 11.6 Å². The van der Waals surface area contributed by atoms with Crippen LogP contribution in [0.3, 0.4) is 0 Å². The molecule has 0 amide bonds. The maximum absolute atomic E-state index is 12.2. The van der Waals surface area contributed by atoms with Gasteiger partial charge < -0.3 is 14.9 Å². The van der Waals surface area contributed by atoms with E-state index in [2.05, 4.69) is 4.74 Å². The molecule has 2 aromatic rings. The molecule has 0 aromatic heterocycles. The molecule has 0 fully saturated rings. The van der Waals surface area contributed by atoms with Crippen molar-refractivity contribution in [3.05, 3.63) is 58.1 Å². The monoisotopic (exact) mass is 320 g/mol. The normalized spacial score (nSPS) is 10.3. The van der Waals surface area contributed by atoms with Crippen molar-refractivity contribution in [2.24, 2.45) is 0 Å². The van der Waals surface area contributed by atoms with Gasteiger partial charge in [0.05, 0.1) is 18.2 Å². The third kappa shape index (κ3) is 3.38. The predicted octanol–water partition coefficient (Wildman–Crippen LogP) is 2.96. The van der Waals surface area contributed by atoms with Crippen molar-refractivity contribution in [3.8, 4) is 11.5 Å². The van der Waals surface area contributed by atoms with Gasteiger partial charge in [-0.1, -0.05) is 17.7 Å². The summed E-state index contributed by atoms with van der Waals surface area (Å²) in [5.41, 5.74) is 0.897. The lowest BCUT2D eigenvalue weighted by Gasteiger charge is -2.07. The fraction of sp³-hybridized carbons (Fsp3) is 0.125. The van der Waals surface area contributed by atoms with Crippen molar-refractivity contribution in [2.45, 2.75) is 6.42 Å². The molecule has 0 bridgehead atoms. The molecular weight excluding hydrogens is 308 g/mol. The average molecular weight is 321 g/mol. The van der Waals surface area contributed by atoms with Gasteiger partial charge in [0, 0.05) is 17.5 Å². The Morgan fingerprint density at radius 1 is 1.14 bits per heavy atom. The molecule has 0 saturated heterocycles. The smallest absolute Gasteiger partial charge is 0.337 e. The number of carbonyl (C=O) groups excluding carboxylic acids is 2. The molecule has 0 spiro atoms. The molecule has 0 heterocycles. The van der Waals surface area contributed by atoms with E-state index >= 15 is 0 Å². The highest BCUT2D eigenvalue weighted by Crippen LogP contribution is 2.26. The molecule has 0 aliphatic heterocycles. The molecule has 0 aliphatic rings. The molecule has 2 N–H and O–H groups in total. The van der Waals surface area contributed by atoms with Gasteiger partial charge in [-0.2, -0.15) is 0 Å². The Balaban J connectivity index is 2.23. The molecule has 2 aromatic carbocycles. The molecule has 0 unspecified atom stereocenters. The quantitative estimate of drug-likeness (QED) is 0.668. The van der Waals surface area contributed by atoms with Gasteiger partial charge >= 0.3 is 5.97 Å². The SMILES string of the molecule is COC(=O)c1ccc(CC(=O)c2ccc(O)cc2O)c(Cl)c1. The van der Waals surface area contributed by atoms with Gasteiger partial charge in [-0.15, -0.1) is 0 Å². The summed E-state index contributed by atoms with van der Waals surface area (Å²) >= 11 is 6.06. The Kier molecular flexibility index (Phi) is 4.68. The lowest BCUT2D eigenvalue weighted by Crippen LogP contribution is -2.06. The zero-order valence-corrected chi connectivity index (χ0v) is 12.4. The van der Waals surface area contributed by atoms with E-state index in [0.717, 1.165) is 6.07 Å². The van der Waals surface area contributed by atoms with Crippen molar-refractivity contribution in [2.75, 3.05) is 7.11 Å². The summed E-state index contributed by atoms with van der Waals surface area (Å²) in [4.78, 5) is 23.6. The first-order valence-corrected chi connectivity index (χ1v) is 6.72. The lowest BCUT2D eigenvalue weighted by molar-refractivity contribution is 0.0600. The van der Waals surface area contributed by atoms with Gasteiger partial charge in [-0.3, -0.25) is 4.79 Å². The predicted molar refractivity (Wildman–Crippen MR) is 80.6 cm³/mol. The molecule has 0 radical (unpaired) electrons. The van der Waals surface area contributed by atoms with E-state index in [-0.39, 0.29) is 39.9 Å². The first-order chi connectivity index (χ1) is 10.4. The Morgan fingerprint density at radius 3 is 2.45 bits per heavy atom. The number of methoxy groups -OCH3 is 1. The van der Waals surface area contributed by atoms with Crippen LogP contribution in [-0.4, -0.2) is 29.1 Å². The molecule has 114 valence electrons.